The maximum Gasteiger partial charge on any atom is 0.261 e. The predicted molar refractivity (Wildman–Crippen MR) is 127 cm³/mol. The molecule has 172 valence electrons. The van der Waals surface area contributed by atoms with Crippen molar-refractivity contribution in [1.82, 2.24) is 10.2 Å². The monoisotopic (exact) mass is 436 g/mol. The number of hydrogen-bond donors (Lipinski definition) is 1. The maximum atomic E-state index is 13.3. The number of nitrogens with zero attached hydrogens (tertiary/aromatic N) is 1. The van der Waals surface area contributed by atoms with Crippen LogP contribution in [0.5, 0.6) is 5.75 Å². The summed E-state index contributed by atoms with van der Waals surface area (Å²) in [7, 11) is 0. The number of hydrogen-bond acceptors (Lipinski definition) is 3. The highest BCUT2D eigenvalue weighted by molar-refractivity contribution is 5.88. The molecule has 0 spiro atoms. The van der Waals surface area contributed by atoms with Crippen LogP contribution < -0.4 is 10.1 Å². The quantitative estimate of drug-likeness (QED) is 0.606. The molecule has 32 heavy (non-hydrogen) atoms. The Labute approximate surface area is 192 Å². The molecule has 5 nitrogen and oxygen atoms in total. The van der Waals surface area contributed by atoms with Crippen LogP contribution in [0.25, 0.3) is 0 Å². The van der Waals surface area contributed by atoms with Crippen molar-refractivity contribution >= 4 is 11.8 Å². The SMILES string of the molecule is CC[C@@H](C(=O)NC1CCCCC1)N(Cc1ccc(C)cc1)C(=O)COc1cccc(C)c1. The summed E-state index contributed by atoms with van der Waals surface area (Å²) in [5.74, 6) is 0.418. The molecule has 1 N–H and O–H groups in total. The van der Waals surface area contributed by atoms with E-state index >= 15 is 0 Å². The van der Waals surface area contributed by atoms with Crippen LogP contribution in [0.15, 0.2) is 48.5 Å². The highest BCUT2D eigenvalue weighted by Gasteiger charge is 2.30. The van der Waals surface area contributed by atoms with E-state index in [1.54, 1.807) is 4.90 Å². The van der Waals surface area contributed by atoms with Gasteiger partial charge in [0.1, 0.15) is 11.8 Å². The van der Waals surface area contributed by atoms with Crippen molar-refractivity contribution in [1.29, 1.82) is 0 Å². The van der Waals surface area contributed by atoms with Crippen LogP contribution in [-0.4, -0.2) is 35.4 Å². The lowest BCUT2D eigenvalue weighted by Crippen LogP contribution is -2.52. The molecule has 3 rings (SSSR count). The predicted octanol–water partition coefficient (Wildman–Crippen LogP) is 4.94. The molecule has 0 aromatic heterocycles. The van der Waals surface area contributed by atoms with Crippen molar-refractivity contribution in [2.75, 3.05) is 6.61 Å². The number of carbonyl (C=O) groups is 2. The van der Waals surface area contributed by atoms with Crippen LogP contribution in [0.1, 0.15) is 62.1 Å². The smallest absolute Gasteiger partial charge is 0.261 e. The van der Waals surface area contributed by atoms with Gasteiger partial charge in [-0.05, 0) is 56.4 Å². The number of carbonyl (C=O) groups excluding carboxylic acids is 2. The Balaban J connectivity index is 1.74. The minimum Gasteiger partial charge on any atom is -0.484 e. The van der Waals surface area contributed by atoms with E-state index in [-0.39, 0.29) is 24.5 Å². The molecule has 1 atom stereocenters. The molecule has 1 saturated carbocycles. The van der Waals surface area contributed by atoms with Crippen LogP contribution in [0.2, 0.25) is 0 Å². The van der Waals surface area contributed by atoms with Gasteiger partial charge in [-0.15, -0.1) is 0 Å². The first-order valence-electron chi connectivity index (χ1n) is 11.8. The van der Waals surface area contributed by atoms with E-state index in [4.69, 9.17) is 4.74 Å². The van der Waals surface area contributed by atoms with Gasteiger partial charge in [-0.3, -0.25) is 9.59 Å². The second kappa shape index (κ2) is 11.7. The van der Waals surface area contributed by atoms with Gasteiger partial charge in [0.25, 0.3) is 5.91 Å². The first-order valence-corrected chi connectivity index (χ1v) is 11.8. The molecule has 0 heterocycles. The number of rotatable bonds is 9. The minimum atomic E-state index is -0.521. The molecule has 0 unspecified atom stereocenters. The van der Waals surface area contributed by atoms with Gasteiger partial charge in [0.15, 0.2) is 6.61 Å². The van der Waals surface area contributed by atoms with Crippen molar-refractivity contribution in [3.05, 3.63) is 65.2 Å². The van der Waals surface area contributed by atoms with Crippen LogP contribution in [-0.2, 0) is 16.1 Å². The second-order valence-corrected chi connectivity index (χ2v) is 8.88. The number of ether oxygens (including phenoxy) is 1. The zero-order valence-electron chi connectivity index (χ0n) is 19.6. The number of amides is 2. The lowest BCUT2D eigenvalue weighted by atomic mass is 9.95. The first-order chi connectivity index (χ1) is 15.5. The van der Waals surface area contributed by atoms with Gasteiger partial charge >= 0.3 is 0 Å². The molecule has 0 bridgehead atoms. The van der Waals surface area contributed by atoms with Gasteiger partial charge in [-0.1, -0.05) is 68.1 Å². The van der Waals surface area contributed by atoms with Crippen molar-refractivity contribution in [2.24, 2.45) is 0 Å². The minimum absolute atomic E-state index is 0.0598. The third-order valence-corrected chi connectivity index (χ3v) is 6.16. The molecule has 1 fully saturated rings. The molecule has 2 aromatic rings. The third kappa shape index (κ3) is 6.84. The van der Waals surface area contributed by atoms with E-state index < -0.39 is 6.04 Å². The topological polar surface area (TPSA) is 58.6 Å². The van der Waals surface area contributed by atoms with E-state index in [0.29, 0.717) is 18.7 Å². The molecule has 2 amide bonds. The van der Waals surface area contributed by atoms with Crippen molar-refractivity contribution in [2.45, 2.75) is 77.9 Å². The average Bonchev–Trinajstić information content (AvgIpc) is 2.79. The summed E-state index contributed by atoms with van der Waals surface area (Å²) in [6.07, 6.45) is 6.13. The standard InChI is InChI=1S/C27H36N2O3/c1-4-25(27(31)28-23-10-6-5-7-11-23)29(18-22-15-13-20(2)14-16-22)26(30)19-32-24-12-8-9-21(3)17-24/h8-9,12-17,23,25H,4-7,10-11,18-19H2,1-3H3,(H,28,31)/t25-/m0/s1. The van der Waals surface area contributed by atoms with Crippen molar-refractivity contribution in [3.63, 3.8) is 0 Å². The van der Waals surface area contributed by atoms with E-state index in [2.05, 4.69) is 5.32 Å². The zero-order valence-corrected chi connectivity index (χ0v) is 19.6. The average molecular weight is 437 g/mol. The van der Waals surface area contributed by atoms with Crippen LogP contribution in [0.3, 0.4) is 0 Å². The fourth-order valence-electron chi connectivity index (χ4n) is 4.29. The maximum absolute atomic E-state index is 13.3. The third-order valence-electron chi connectivity index (χ3n) is 6.16. The van der Waals surface area contributed by atoms with E-state index in [9.17, 15) is 9.59 Å². The molecule has 0 saturated heterocycles. The molecule has 1 aliphatic carbocycles. The number of aryl methyl sites for hydroxylation is 2. The largest absolute Gasteiger partial charge is 0.484 e. The summed E-state index contributed by atoms with van der Waals surface area (Å²) in [6, 6.07) is 15.4. The van der Waals surface area contributed by atoms with Gasteiger partial charge in [0.05, 0.1) is 0 Å². The highest BCUT2D eigenvalue weighted by Crippen LogP contribution is 2.19. The van der Waals surface area contributed by atoms with Gasteiger partial charge in [0, 0.05) is 12.6 Å². The van der Waals surface area contributed by atoms with E-state index in [0.717, 1.165) is 42.4 Å². The fourth-order valence-corrected chi connectivity index (χ4v) is 4.29. The lowest BCUT2D eigenvalue weighted by Gasteiger charge is -2.32. The Morgan fingerprint density at radius 2 is 1.75 bits per heavy atom. The molecule has 1 aliphatic rings. The Hall–Kier alpha value is -2.82. The Kier molecular flexibility index (Phi) is 8.72. The summed E-state index contributed by atoms with van der Waals surface area (Å²) in [5.41, 5.74) is 3.24. The summed E-state index contributed by atoms with van der Waals surface area (Å²) in [5, 5.41) is 3.21. The van der Waals surface area contributed by atoms with Gasteiger partial charge < -0.3 is 15.0 Å². The van der Waals surface area contributed by atoms with E-state index in [1.165, 1.54) is 6.42 Å². The van der Waals surface area contributed by atoms with Crippen molar-refractivity contribution < 1.29 is 14.3 Å². The number of nitrogens with one attached hydrogen (secondary N) is 1. The molecule has 0 radical (unpaired) electrons. The Morgan fingerprint density at radius 3 is 2.41 bits per heavy atom. The summed E-state index contributed by atoms with van der Waals surface area (Å²) in [4.78, 5) is 28.2. The second-order valence-electron chi connectivity index (χ2n) is 8.88. The Bertz CT molecular complexity index is 888. The molecule has 5 heteroatoms. The summed E-state index contributed by atoms with van der Waals surface area (Å²) in [6.45, 7) is 6.27. The van der Waals surface area contributed by atoms with Crippen LogP contribution >= 0.6 is 0 Å². The van der Waals surface area contributed by atoms with Gasteiger partial charge in [0.2, 0.25) is 5.91 Å². The first kappa shape index (κ1) is 23.8. The molecule has 2 aromatic carbocycles. The highest BCUT2D eigenvalue weighted by atomic mass is 16.5. The van der Waals surface area contributed by atoms with Gasteiger partial charge in [-0.2, -0.15) is 0 Å². The number of benzene rings is 2. The van der Waals surface area contributed by atoms with Crippen LogP contribution in [0, 0.1) is 13.8 Å². The summed E-state index contributed by atoms with van der Waals surface area (Å²) >= 11 is 0. The molecular formula is C27H36N2O3. The van der Waals surface area contributed by atoms with Crippen LogP contribution in [0.4, 0.5) is 0 Å². The molecular weight excluding hydrogens is 400 g/mol. The van der Waals surface area contributed by atoms with E-state index in [1.807, 2.05) is 69.3 Å². The Morgan fingerprint density at radius 1 is 1.03 bits per heavy atom. The summed E-state index contributed by atoms with van der Waals surface area (Å²) < 4.78 is 5.79. The normalized spacial score (nSPS) is 15.1. The van der Waals surface area contributed by atoms with Crippen molar-refractivity contribution in [3.8, 4) is 5.75 Å². The lowest BCUT2D eigenvalue weighted by molar-refractivity contribution is -0.143. The molecule has 0 aliphatic heterocycles. The fraction of sp³-hybridized carbons (Fsp3) is 0.481. The van der Waals surface area contributed by atoms with Gasteiger partial charge in [-0.25, -0.2) is 0 Å². The zero-order chi connectivity index (χ0) is 22.9.